The monoisotopic (exact) mass is 264 g/mol. The highest BCUT2D eigenvalue weighted by Gasteiger charge is 2.18. The minimum absolute atomic E-state index is 0.0123. The summed E-state index contributed by atoms with van der Waals surface area (Å²) in [5.74, 6) is -2.74. The van der Waals surface area contributed by atoms with Gasteiger partial charge in [-0.3, -0.25) is 0 Å². The molecule has 14 heavy (non-hydrogen) atoms. The maximum Gasteiger partial charge on any atom is 0.338 e. The SMILES string of the molecule is COC(=O)c1cc(Br)c(F)c(F)c1C. The molecule has 0 saturated heterocycles. The number of hydrogen-bond acceptors (Lipinski definition) is 2. The summed E-state index contributed by atoms with van der Waals surface area (Å²) >= 11 is 2.81. The third-order valence-corrected chi connectivity index (χ3v) is 2.39. The van der Waals surface area contributed by atoms with Gasteiger partial charge in [-0.05, 0) is 28.9 Å². The summed E-state index contributed by atoms with van der Waals surface area (Å²) in [6.07, 6.45) is 0. The normalized spacial score (nSPS) is 10.1. The van der Waals surface area contributed by atoms with Crippen molar-refractivity contribution in [1.82, 2.24) is 0 Å². The van der Waals surface area contributed by atoms with Gasteiger partial charge in [0.1, 0.15) is 0 Å². The van der Waals surface area contributed by atoms with E-state index >= 15 is 0 Å². The average molecular weight is 265 g/mol. The van der Waals surface area contributed by atoms with E-state index in [-0.39, 0.29) is 15.6 Å². The van der Waals surface area contributed by atoms with Crippen molar-refractivity contribution in [2.75, 3.05) is 7.11 Å². The van der Waals surface area contributed by atoms with E-state index in [1.807, 2.05) is 0 Å². The van der Waals surface area contributed by atoms with Crippen LogP contribution >= 0.6 is 15.9 Å². The van der Waals surface area contributed by atoms with Gasteiger partial charge in [-0.1, -0.05) is 0 Å². The summed E-state index contributed by atoms with van der Waals surface area (Å²) in [5.41, 5.74) is -0.0455. The van der Waals surface area contributed by atoms with Gasteiger partial charge in [0.05, 0.1) is 17.1 Å². The Balaban J connectivity index is 3.40. The molecule has 0 aliphatic heterocycles. The van der Waals surface area contributed by atoms with E-state index in [1.54, 1.807) is 0 Å². The minimum Gasteiger partial charge on any atom is -0.465 e. The fourth-order valence-electron chi connectivity index (χ4n) is 1.01. The number of ether oxygens (including phenoxy) is 1. The summed E-state index contributed by atoms with van der Waals surface area (Å²) < 4.78 is 30.4. The molecule has 0 spiro atoms. The molecule has 0 radical (unpaired) electrons. The maximum absolute atomic E-state index is 13.1. The van der Waals surface area contributed by atoms with Crippen molar-refractivity contribution < 1.29 is 18.3 Å². The summed E-state index contributed by atoms with van der Waals surface area (Å²) in [6, 6.07) is 1.19. The van der Waals surface area contributed by atoms with Gasteiger partial charge in [0.15, 0.2) is 11.6 Å². The van der Waals surface area contributed by atoms with Crippen molar-refractivity contribution in [2.24, 2.45) is 0 Å². The molecular formula is C9H7BrF2O2. The Kier molecular flexibility index (Phi) is 3.21. The molecule has 0 saturated carbocycles. The Hall–Kier alpha value is -0.970. The van der Waals surface area contributed by atoms with Crippen LogP contribution in [-0.4, -0.2) is 13.1 Å². The molecule has 0 aromatic heterocycles. The Morgan fingerprint density at radius 2 is 2.00 bits per heavy atom. The van der Waals surface area contributed by atoms with Crippen LogP contribution in [0.1, 0.15) is 15.9 Å². The van der Waals surface area contributed by atoms with Crippen molar-refractivity contribution in [3.05, 3.63) is 33.3 Å². The summed E-state index contributed by atoms with van der Waals surface area (Å²) in [7, 11) is 1.18. The fourth-order valence-corrected chi connectivity index (χ4v) is 1.41. The van der Waals surface area contributed by atoms with Crippen LogP contribution in [0, 0.1) is 18.6 Å². The number of benzene rings is 1. The van der Waals surface area contributed by atoms with E-state index in [0.717, 1.165) is 0 Å². The van der Waals surface area contributed by atoms with Crippen molar-refractivity contribution >= 4 is 21.9 Å². The number of carbonyl (C=O) groups is 1. The van der Waals surface area contributed by atoms with Crippen LogP contribution in [0.5, 0.6) is 0 Å². The second-order valence-electron chi connectivity index (χ2n) is 2.65. The highest BCUT2D eigenvalue weighted by molar-refractivity contribution is 9.10. The van der Waals surface area contributed by atoms with Crippen LogP contribution in [0.4, 0.5) is 8.78 Å². The number of esters is 1. The van der Waals surface area contributed by atoms with Crippen LogP contribution in [0.15, 0.2) is 10.5 Å². The van der Waals surface area contributed by atoms with E-state index < -0.39 is 17.6 Å². The third kappa shape index (κ3) is 1.77. The van der Waals surface area contributed by atoms with E-state index in [0.29, 0.717) is 0 Å². The predicted octanol–water partition coefficient (Wildman–Crippen LogP) is 2.82. The van der Waals surface area contributed by atoms with E-state index in [1.165, 1.54) is 20.1 Å². The molecule has 0 unspecified atom stereocenters. The molecule has 5 heteroatoms. The van der Waals surface area contributed by atoms with Gasteiger partial charge in [0, 0.05) is 5.56 Å². The predicted molar refractivity (Wildman–Crippen MR) is 50.1 cm³/mol. The second-order valence-corrected chi connectivity index (χ2v) is 3.50. The van der Waals surface area contributed by atoms with Crippen molar-refractivity contribution in [3.8, 4) is 0 Å². The van der Waals surface area contributed by atoms with Crippen LogP contribution < -0.4 is 0 Å². The first kappa shape index (κ1) is 11.1. The van der Waals surface area contributed by atoms with Gasteiger partial charge < -0.3 is 4.74 Å². The molecule has 0 amide bonds. The van der Waals surface area contributed by atoms with Gasteiger partial charge in [-0.2, -0.15) is 0 Å². The molecule has 0 aliphatic rings. The van der Waals surface area contributed by atoms with E-state index in [4.69, 9.17) is 0 Å². The first-order chi connectivity index (χ1) is 6.49. The third-order valence-electron chi connectivity index (χ3n) is 1.81. The molecule has 1 aromatic rings. The smallest absolute Gasteiger partial charge is 0.338 e. The van der Waals surface area contributed by atoms with Gasteiger partial charge in [-0.15, -0.1) is 0 Å². The zero-order chi connectivity index (χ0) is 10.9. The lowest BCUT2D eigenvalue weighted by molar-refractivity contribution is 0.0599. The van der Waals surface area contributed by atoms with Gasteiger partial charge in [-0.25, -0.2) is 13.6 Å². The molecule has 0 aliphatic carbocycles. The Morgan fingerprint density at radius 3 is 2.50 bits per heavy atom. The van der Waals surface area contributed by atoms with Crippen molar-refractivity contribution in [2.45, 2.75) is 6.92 Å². The molecule has 1 aromatic carbocycles. The second kappa shape index (κ2) is 4.04. The van der Waals surface area contributed by atoms with Gasteiger partial charge >= 0.3 is 5.97 Å². The number of hydrogen-bond donors (Lipinski definition) is 0. The number of rotatable bonds is 1. The largest absolute Gasteiger partial charge is 0.465 e. The standard InChI is InChI=1S/C9H7BrF2O2/c1-4-5(9(13)14-2)3-6(10)8(12)7(4)11/h3H,1-2H3. The zero-order valence-electron chi connectivity index (χ0n) is 7.53. The highest BCUT2D eigenvalue weighted by Crippen LogP contribution is 2.24. The Bertz CT molecular complexity index is 391. The minimum atomic E-state index is -1.04. The zero-order valence-corrected chi connectivity index (χ0v) is 9.11. The molecule has 76 valence electrons. The first-order valence-electron chi connectivity index (χ1n) is 3.71. The van der Waals surface area contributed by atoms with Crippen molar-refractivity contribution in [3.63, 3.8) is 0 Å². The van der Waals surface area contributed by atoms with Crippen LogP contribution in [0.2, 0.25) is 0 Å². The Labute approximate surface area is 88.0 Å². The lowest BCUT2D eigenvalue weighted by atomic mass is 10.1. The molecule has 1 rings (SSSR count). The Morgan fingerprint density at radius 1 is 1.43 bits per heavy atom. The topological polar surface area (TPSA) is 26.3 Å². The van der Waals surface area contributed by atoms with E-state index in [9.17, 15) is 13.6 Å². The molecule has 0 bridgehead atoms. The molecule has 0 atom stereocenters. The molecule has 0 N–H and O–H groups in total. The van der Waals surface area contributed by atoms with E-state index in [2.05, 4.69) is 20.7 Å². The molecule has 0 fully saturated rings. The lowest BCUT2D eigenvalue weighted by Gasteiger charge is -2.06. The van der Waals surface area contributed by atoms with Crippen molar-refractivity contribution in [1.29, 1.82) is 0 Å². The number of carbonyl (C=O) groups excluding carboxylic acids is 1. The van der Waals surface area contributed by atoms with Gasteiger partial charge in [0.2, 0.25) is 0 Å². The molecule has 2 nitrogen and oxygen atoms in total. The average Bonchev–Trinajstić information content (AvgIpc) is 2.19. The highest BCUT2D eigenvalue weighted by atomic mass is 79.9. The fraction of sp³-hybridized carbons (Fsp3) is 0.222. The first-order valence-corrected chi connectivity index (χ1v) is 4.50. The summed E-state index contributed by atoms with van der Waals surface area (Å²) in [5, 5.41) is 0. The molecular weight excluding hydrogens is 258 g/mol. The van der Waals surface area contributed by atoms with Crippen LogP contribution in [0.3, 0.4) is 0 Å². The maximum atomic E-state index is 13.1. The quantitative estimate of drug-likeness (QED) is 0.576. The van der Waals surface area contributed by atoms with Gasteiger partial charge in [0.25, 0.3) is 0 Å². The number of halogens is 3. The molecule has 0 heterocycles. The van der Waals surface area contributed by atoms with Crippen LogP contribution in [0.25, 0.3) is 0 Å². The number of methoxy groups -OCH3 is 1. The van der Waals surface area contributed by atoms with Crippen LogP contribution in [-0.2, 0) is 4.74 Å². The lowest BCUT2D eigenvalue weighted by Crippen LogP contribution is -2.07. The summed E-state index contributed by atoms with van der Waals surface area (Å²) in [4.78, 5) is 11.1. The summed E-state index contributed by atoms with van der Waals surface area (Å²) in [6.45, 7) is 1.32.